The van der Waals surface area contributed by atoms with Crippen LogP contribution < -0.4 is 10.6 Å². The average molecular weight is 115 g/mol. The van der Waals surface area contributed by atoms with Gasteiger partial charge in [-0.3, -0.25) is 4.79 Å². The van der Waals surface area contributed by atoms with Crippen LogP contribution in [0.4, 0.5) is 0 Å². The van der Waals surface area contributed by atoms with Gasteiger partial charge < -0.3 is 5.32 Å². The molecule has 0 spiro atoms. The highest BCUT2D eigenvalue weighted by atomic mass is 16.2. The highest BCUT2D eigenvalue weighted by Crippen LogP contribution is 1.77. The Morgan fingerprint density at radius 1 is 1.75 bits per heavy atom. The maximum absolute atomic E-state index is 10.5. The van der Waals surface area contributed by atoms with Gasteiger partial charge in [0.2, 0.25) is 5.91 Å². The number of carbonyl (C=O) groups excluding carboxylic acids is 1. The molecule has 0 heterocycles. The van der Waals surface area contributed by atoms with E-state index in [0.717, 1.165) is 0 Å². The van der Waals surface area contributed by atoms with E-state index in [9.17, 15) is 4.79 Å². The van der Waals surface area contributed by atoms with Gasteiger partial charge in [-0.15, -0.1) is 0 Å². The number of likely N-dealkylation sites (N-methyl/N-ethyl adjacent to an activating group) is 2. The van der Waals surface area contributed by atoms with E-state index < -0.39 is 0 Å². The monoisotopic (exact) mass is 115 g/mol. The Bertz CT molecular complexity index is 82.5. The zero-order valence-corrected chi connectivity index (χ0v) is 5.43. The Balaban J connectivity index is 3.46. The summed E-state index contributed by atoms with van der Waals surface area (Å²) < 4.78 is 0. The van der Waals surface area contributed by atoms with Crippen LogP contribution in [0.5, 0.6) is 0 Å². The summed E-state index contributed by atoms with van der Waals surface area (Å²) in [6.07, 6.45) is 0. The van der Waals surface area contributed by atoms with Crippen LogP contribution in [0.1, 0.15) is 6.92 Å². The zero-order chi connectivity index (χ0) is 6.57. The van der Waals surface area contributed by atoms with Crippen LogP contribution >= 0.6 is 0 Å². The number of rotatable bonds is 2. The number of carbonyl (C=O) groups is 1. The van der Waals surface area contributed by atoms with Crippen LogP contribution in [0, 0.1) is 0 Å². The molecule has 0 saturated heterocycles. The lowest BCUT2D eigenvalue weighted by Crippen LogP contribution is -2.34. The van der Waals surface area contributed by atoms with Crippen molar-refractivity contribution in [3.05, 3.63) is 0 Å². The summed E-state index contributed by atoms with van der Waals surface area (Å²) in [5.74, 6) is -0.0347. The fraction of sp³-hybridized carbons (Fsp3) is 0.800. The number of hydrogen-bond donors (Lipinski definition) is 1. The minimum absolute atomic E-state index is 0.0347. The molecule has 0 aromatic rings. The smallest absolute Gasteiger partial charge is 0.238 e. The van der Waals surface area contributed by atoms with E-state index in [1.54, 1.807) is 21.0 Å². The first-order valence-electron chi connectivity index (χ1n) is 2.53. The molecule has 3 nitrogen and oxygen atoms in total. The molecule has 8 heavy (non-hydrogen) atoms. The van der Waals surface area contributed by atoms with Crippen molar-refractivity contribution in [2.24, 2.45) is 0 Å². The second-order valence-electron chi connectivity index (χ2n) is 1.55. The summed E-state index contributed by atoms with van der Waals surface area (Å²) >= 11 is 0. The van der Waals surface area contributed by atoms with Crippen molar-refractivity contribution >= 4 is 5.91 Å². The molecule has 47 valence electrons. The Morgan fingerprint density at radius 2 is 2.25 bits per heavy atom. The lowest BCUT2D eigenvalue weighted by Gasteiger charge is -2.03. The summed E-state index contributed by atoms with van der Waals surface area (Å²) in [5, 5.41) is 6.23. The van der Waals surface area contributed by atoms with Gasteiger partial charge in [-0.1, -0.05) is 0 Å². The molecule has 0 aromatic heterocycles. The molecular weight excluding hydrogens is 104 g/mol. The van der Waals surface area contributed by atoms with Crippen LogP contribution in [0.15, 0.2) is 0 Å². The van der Waals surface area contributed by atoms with Gasteiger partial charge >= 0.3 is 0 Å². The highest BCUT2D eigenvalue weighted by Gasteiger charge is 2.06. The molecule has 1 N–H and O–H groups in total. The van der Waals surface area contributed by atoms with E-state index in [-0.39, 0.29) is 11.9 Å². The van der Waals surface area contributed by atoms with Crippen molar-refractivity contribution in [2.45, 2.75) is 13.0 Å². The lowest BCUT2D eigenvalue weighted by molar-refractivity contribution is -0.122. The number of amides is 1. The van der Waals surface area contributed by atoms with Gasteiger partial charge in [0.25, 0.3) is 0 Å². The molecule has 0 aromatic carbocycles. The Kier molecular flexibility index (Phi) is 3.19. The first-order chi connectivity index (χ1) is 3.72. The van der Waals surface area contributed by atoms with E-state index in [1.807, 2.05) is 0 Å². The van der Waals surface area contributed by atoms with Crippen molar-refractivity contribution in [3.63, 3.8) is 0 Å². The Labute approximate surface area is 49.5 Å². The van der Waals surface area contributed by atoms with Crippen LogP contribution in [-0.4, -0.2) is 26.0 Å². The van der Waals surface area contributed by atoms with Crippen molar-refractivity contribution < 1.29 is 4.79 Å². The van der Waals surface area contributed by atoms with Crippen molar-refractivity contribution in [2.75, 3.05) is 14.1 Å². The van der Waals surface area contributed by atoms with E-state index in [0.29, 0.717) is 0 Å². The molecule has 0 fully saturated rings. The van der Waals surface area contributed by atoms with Crippen molar-refractivity contribution in [3.8, 4) is 0 Å². The Hall–Kier alpha value is -0.570. The maximum atomic E-state index is 10.5. The molecule has 3 heteroatoms. The quantitative estimate of drug-likeness (QED) is 0.511. The maximum Gasteiger partial charge on any atom is 0.238 e. The molecule has 0 aliphatic rings. The molecule has 1 radical (unpaired) electrons. The molecule has 0 rings (SSSR count). The van der Waals surface area contributed by atoms with Gasteiger partial charge in [0.15, 0.2) is 0 Å². The highest BCUT2D eigenvalue weighted by molar-refractivity contribution is 5.80. The van der Waals surface area contributed by atoms with Crippen LogP contribution in [-0.2, 0) is 4.79 Å². The van der Waals surface area contributed by atoms with Crippen molar-refractivity contribution in [1.82, 2.24) is 10.6 Å². The molecule has 0 saturated carbocycles. The summed E-state index contributed by atoms with van der Waals surface area (Å²) in [4.78, 5) is 10.5. The third-order valence-electron chi connectivity index (χ3n) is 1.01. The minimum Gasteiger partial charge on any atom is -0.358 e. The number of nitrogens with zero attached hydrogens (tertiary/aromatic N) is 1. The largest absolute Gasteiger partial charge is 0.358 e. The fourth-order valence-corrected chi connectivity index (χ4v) is 0.326. The van der Waals surface area contributed by atoms with Crippen LogP contribution in [0.2, 0.25) is 0 Å². The third kappa shape index (κ3) is 1.93. The van der Waals surface area contributed by atoms with E-state index in [4.69, 9.17) is 0 Å². The molecule has 0 aliphatic carbocycles. The van der Waals surface area contributed by atoms with Gasteiger partial charge in [-0.05, 0) is 6.92 Å². The topological polar surface area (TPSA) is 43.2 Å². The van der Waals surface area contributed by atoms with Crippen LogP contribution in [0.25, 0.3) is 0 Å². The van der Waals surface area contributed by atoms with Gasteiger partial charge in [0, 0.05) is 14.1 Å². The average Bonchev–Trinajstić information content (AvgIpc) is 1.84. The van der Waals surface area contributed by atoms with Gasteiger partial charge in [-0.2, -0.15) is 0 Å². The minimum atomic E-state index is -0.208. The molecule has 1 amide bonds. The first-order valence-corrected chi connectivity index (χ1v) is 2.53. The summed E-state index contributed by atoms with van der Waals surface area (Å²) in [7, 11) is 3.23. The SMILES string of the molecule is C[N]C(C)C(=O)NC. The lowest BCUT2D eigenvalue weighted by atomic mass is 10.3. The van der Waals surface area contributed by atoms with Crippen molar-refractivity contribution in [1.29, 1.82) is 0 Å². The van der Waals surface area contributed by atoms with Gasteiger partial charge in [0.05, 0.1) is 0 Å². The molecule has 0 bridgehead atoms. The normalized spacial score (nSPS) is 12.9. The predicted octanol–water partition coefficient (Wildman–Crippen LogP) is -0.645. The van der Waals surface area contributed by atoms with Gasteiger partial charge in [-0.25, -0.2) is 5.32 Å². The predicted molar refractivity (Wildman–Crippen MR) is 31.6 cm³/mol. The fourth-order valence-electron chi connectivity index (χ4n) is 0.326. The standard InChI is InChI=1S/C5H11N2O/c1-4(6-2)5(8)7-3/h4H,1-3H3,(H,7,8). The molecule has 1 unspecified atom stereocenters. The number of hydrogen-bond acceptors (Lipinski definition) is 1. The van der Waals surface area contributed by atoms with Crippen LogP contribution in [0.3, 0.4) is 0 Å². The summed E-state index contributed by atoms with van der Waals surface area (Å²) in [6.45, 7) is 1.75. The van der Waals surface area contributed by atoms with E-state index in [2.05, 4.69) is 10.6 Å². The third-order valence-corrected chi connectivity index (χ3v) is 1.01. The summed E-state index contributed by atoms with van der Waals surface area (Å²) in [6, 6.07) is -0.208. The molecular formula is C5H11N2O. The first kappa shape index (κ1) is 7.43. The van der Waals surface area contributed by atoms with E-state index >= 15 is 0 Å². The summed E-state index contributed by atoms with van der Waals surface area (Å²) in [5.41, 5.74) is 0. The molecule has 1 atom stereocenters. The molecule has 0 aliphatic heterocycles. The second-order valence-corrected chi connectivity index (χ2v) is 1.55. The number of nitrogens with one attached hydrogen (secondary N) is 1. The second kappa shape index (κ2) is 3.43. The zero-order valence-electron chi connectivity index (χ0n) is 5.43. The van der Waals surface area contributed by atoms with E-state index in [1.165, 1.54) is 0 Å². The Morgan fingerprint density at radius 3 is 2.38 bits per heavy atom. The van der Waals surface area contributed by atoms with Gasteiger partial charge in [0.1, 0.15) is 6.04 Å².